The Morgan fingerprint density at radius 3 is 2.00 bits per heavy atom. The van der Waals surface area contributed by atoms with E-state index in [0.29, 0.717) is 5.92 Å². The molecule has 1 unspecified atom stereocenters. The van der Waals surface area contributed by atoms with Crippen LogP contribution in [0.25, 0.3) is 0 Å². The third kappa shape index (κ3) is 4.80. The molecule has 0 aliphatic carbocycles. The van der Waals surface area contributed by atoms with E-state index in [1.165, 1.54) is 24.0 Å². The van der Waals surface area contributed by atoms with Crippen molar-refractivity contribution in [1.82, 2.24) is 5.32 Å². The van der Waals surface area contributed by atoms with Crippen LogP contribution in [0.5, 0.6) is 0 Å². The standard InChI is InChI=1S/C15H27N/c1-11(2)15(12(3)4)14(6)13(5)9-8-10-16-7/h13,16H,1,3,8-10H2,2,4-7H3. The molecule has 0 bridgehead atoms. The predicted molar refractivity (Wildman–Crippen MR) is 74.7 cm³/mol. The van der Waals surface area contributed by atoms with Crippen molar-refractivity contribution in [2.75, 3.05) is 13.6 Å². The van der Waals surface area contributed by atoms with Gasteiger partial charge in [0.25, 0.3) is 0 Å². The fourth-order valence-electron chi connectivity index (χ4n) is 2.09. The number of hydrogen-bond acceptors (Lipinski definition) is 1. The molecule has 0 fully saturated rings. The van der Waals surface area contributed by atoms with Gasteiger partial charge in [0, 0.05) is 0 Å². The van der Waals surface area contributed by atoms with E-state index in [1.54, 1.807) is 0 Å². The molecule has 0 amide bonds. The molecule has 1 atom stereocenters. The SMILES string of the molecule is C=C(C)C(C(=C)C)=C(C)C(C)CCCNC. The Balaban J connectivity index is 4.68. The van der Waals surface area contributed by atoms with Crippen LogP contribution in [0.15, 0.2) is 35.5 Å². The van der Waals surface area contributed by atoms with Gasteiger partial charge in [-0.1, -0.05) is 36.8 Å². The highest BCUT2D eigenvalue weighted by atomic mass is 14.8. The molecule has 0 aromatic rings. The Hall–Kier alpha value is -0.820. The summed E-state index contributed by atoms with van der Waals surface area (Å²) in [5.74, 6) is 0.608. The van der Waals surface area contributed by atoms with Gasteiger partial charge in [0.15, 0.2) is 0 Å². The van der Waals surface area contributed by atoms with Crippen molar-refractivity contribution in [3.63, 3.8) is 0 Å². The van der Waals surface area contributed by atoms with Crippen molar-refractivity contribution >= 4 is 0 Å². The van der Waals surface area contributed by atoms with E-state index >= 15 is 0 Å². The summed E-state index contributed by atoms with van der Waals surface area (Å²) in [7, 11) is 2.00. The minimum atomic E-state index is 0.608. The first-order valence-corrected chi connectivity index (χ1v) is 6.08. The molecule has 0 aromatic carbocycles. The van der Waals surface area contributed by atoms with Crippen LogP contribution >= 0.6 is 0 Å². The van der Waals surface area contributed by atoms with Gasteiger partial charge >= 0.3 is 0 Å². The Bertz CT molecular complexity index is 268. The first kappa shape index (κ1) is 15.2. The Kier molecular flexibility index (Phi) is 7.07. The van der Waals surface area contributed by atoms with Crippen LogP contribution in [0.3, 0.4) is 0 Å². The van der Waals surface area contributed by atoms with Crippen molar-refractivity contribution in [2.24, 2.45) is 5.92 Å². The highest BCUT2D eigenvalue weighted by molar-refractivity contribution is 5.45. The summed E-state index contributed by atoms with van der Waals surface area (Å²) in [6, 6.07) is 0. The van der Waals surface area contributed by atoms with Crippen LogP contribution in [-0.4, -0.2) is 13.6 Å². The van der Waals surface area contributed by atoms with Gasteiger partial charge in [-0.2, -0.15) is 0 Å². The fourth-order valence-corrected chi connectivity index (χ4v) is 2.09. The zero-order valence-corrected chi connectivity index (χ0v) is 11.6. The lowest BCUT2D eigenvalue weighted by molar-refractivity contribution is 0.560. The van der Waals surface area contributed by atoms with E-state index in [1.807, 2.05) is 7.05 Å². The van der Waals surface area contributed by atoms with Gasteiger partial charge in [-0.05, 0) is 58.7 Å². The molecule has 0 aliphatic rings. The van der Waals surface area contributed by atoms with Crippen molar-refractivity contribution in [3.05, 3.63) is 35.5 Å². The maximum atomic E-state index is 4.05. The average Bonchev–Trinajstić information content (AvgIpc) is 2.16. The van der Waals surface area contributed by atoms with Gasteiger partial charge in [-0.3, -0.25) is 0 Å². The second-order valence-corrected chi connectivity index (χ2v) is 4.77. The third-order valence-corrected chi connectivity index (χ3v) is 3.05. The highest BCUT2D eigenvalue weighted by Gasteiger charge is 2.11. The molecule has 1 heteroatoms. The van der Waals surface area contributed by atoms with Gasteiger partial charge in [-0.15, -0.1) is 0 Å². The summed E-state index contributed by atoms with van der Waals surface area (Å²) in [4.78, 5) is 0. The second kappa shape index (κ2) is 7.45. The van der Waals surface area contributed by atoms with Gasteiger partial charge < -0.3 is 5.32 Å². The minimum absolute atomic E-state index is 0.608. The van der Waals surface area contributed by atoms with Crippen LogP contribution in [-0.2, 0) is 0 Å². The minimum Gasteiger partial charge on any atom is -0.320 e. The molecule has 0 aromatic heterocycles. The largest absolute Gasteiger partial charge is 0.320 e. The summed E-state index contributed by atoms with van der Waals surface area (Å²) >= 11 is 0. The first-order chi connectivity index (χ1) is 7.41. The molecule has 16 heavy (non-hydrogen) atoms. The molecule has 0 aliphatic heterocycles. The molecule has 0 heterocycles. The Labute approximate surface area is 101 Å². The molecule has 92 valence electrons. The van der Waals surface area contributed by atoms with Crippen molar-refractivity contribution < 1.29 is 0 Å². The van der Waals surface area contributed by atoms with Gasteiger partial charge in [0.1, 0.15) is 0 Å². The van der Waals surface area contributed by atoms with Gasteiger partial charge in [0.05, 0.1) is 0 Å². The molecular weight excluding hydrogens is 194 g/mol. The summed E-state index contributed by atoms with van der Waals surface area (Å²) in [5.41, 5.74) is 4.96. The molecule has 0 saturated heterocycles. The highest BCUT2D eigenvalue weighted by Crippen LogP contribution is 2.27. The van der Waals surface area contributed by atoms with Crippen LogP contribution in [0.1, 0.15) is 40.5 Å². The average molecular weight is 221 g/mol. The Morgan fingerprint density at radius 1 is 1.12 bits per heavy atom. The topological polar surface area (TPSA) is 12.0 Å². The third-order valence-electron chi connectivity index (χ3n) is 3.05. The van der Waals surface area contributed by atoms with Crippen molar-refractivity contribution in [1.29, 1.82) is 0 Å². The van der Waals surface area contributed by atoms with Gasteiger partial charge in [-0.25, -0.2) is 0 Å². The number of rotatable bonds is 7. The van der Waals surface area contributed by atoms with E-state index in [2.05, 4.69) is 46.2 Å². The van der Waals surface area contributed by atoms with Crippen molar-refractivity contribution in [2.45, 2.75) is 40.5 Å². The summed E-state index contributed by atoms with van der Waals surface area (Å²) in [6.07, 6.45) is 2.44. The lowest BCUT2D eigenvalue weighted by Gasteiger charge is -2.18. The molecule has 1 nitrogen and oxygen atoms in total. The second-order valence-electron chi connectivity index (χ2n) is 4.77. The lowest BCUT2D eigenvalue weighted by atomic mass is 9.88. The first-order valence-electron chi connectivity index (χ1n) is 6.08. The molecule has 0 spiro atoms. The summed E-state index contributed by atoms with van der Waals surface area (Å²) < 4.78 is 0. The van der Waals surface area contributed by atoms with E-state index in [9.17, 15) is 0 Å². The predicted octanol–water partition coefficient (Wildman–Crippen LogP) is 4.09. The maximum Gasteiger partial charge on any atom is -0.00517 e. The molecule has 1 N–H and O–H groups in total. The zero-order valence-electron chi connectivity index (χ0n) is 11.6. The number of allylic oxidation sites excluding steroid dienone is 4. The molecule has 0 radical (unpaired) electrons. The fraction of sp³-hybridized carbons (Fsp3) is 0.600. The Morgan fingerprint density at radius 2 is 1.62 bits per heavy atom. The van der Waals surface area contributed by atoms with Gasteiger partial charge in [0.2, 0.25) is 0 Å². The van der Waals surface area contributed by atoms with E-state index < -0.39 is 0 Å². The van der Waals surface area contributed by atoms with Crippen LogP contribution < -0.4 is 5.32 Å². The number of hydrogen-bond donors (Lipinski definition) is 1. The van der Waals surface area contributed by atoms with Crippen LogP contribution in [0.2, 0.25) is 0 Å². The summed E-state index contributed by atoms with van der Waals surface area (Å²) in [5, 5.41) is 3.19. The maximum absolute atomic E-state index is 4.05. The van der Waals surface area contributed by atoms with Crippen molar-refractivity contribution in [3.8, 4) is 0 Å². The van der Waals surface area contributed by atoms with Crippen LogP contribution in [0, 0.1) is 5.92 Å². The molecule has 0 rings (SSSR count). The normalized spacial score (nSPS) is 12.1. The quantitative estimate of drug-likeness (QED) is 0.504. The summed E-state index contributed by atoms with van der Waals surface area (Å²) in [6.45, 7) is 17.8. The smallest absolute Gasteiger partial charge is 0.00517 e. The van der Waals surface area contributed by atoms with Crippen LogP contribution in [0.4, 0.5) is 0 Å². The zero-order chi connectivity index (χ0) is 12.7. The molecule has 0 saturated carbocycles. The molecular formula is C15H27N. The monoisotopic (exact) mass is 221 g/mol. The van der Waals surface area contributed by atoms with E-state index in [0.717, 1.165) is 17.7 Å². The van der Waals surface area contributed by atoms with E-state index in [-0.39, 0.29) is 0 Å². The number of nitrogens with one attached hydrogen (secondary N) is 1. The van der Waals surface area contributed by atoms with E-state index in [4.69, 9.17) is 0 Å². The lowest BCUT2D eigenvalue weighted by Crippen LogP contribution is -2.10.